The third kappa shape index (κ3) is 3.29. The largest absolute Gasteiger partial charge is 0.486 e. The van der Waals surface area contributed by atoms with Crippen LogP contribution in [0.15, 0.2) is 48.5 Å². The topological polar surface area (TPSA) is 44.5 Å². The van der Waals surface area contributed by atoms with Crippen LogP contribution in [0.5, 0.6) is 5.75 Å². The second-order valence-electron chi connectivity index (χ2n) is 3.85. The van der Waals surface area contributed by atoms with Crippen LogP contribution in [0.4, 0.5) is 4.39 Å². The van der Waals surface area contributed by atoms with Crippen molar-refractivity contribution in [3.8, 4) is 5.75 Å². The summed E-state index contributed by atoms with van der Waals surface area (Å²) in [6, 6.07) is 14.2. The number of hydrogen-bond donors (Lipinski definition) is 1. The lowest BCUT2D eigenvalue weighted by Gasteiger charge is -2.08. The molecule has 0 saturated heterocycles. The Bertz CT molecular complexity index is 502. The van der Waals surface area contributed by atoms with Crippen molar-refractivity contribution in [3.05, 3.63) is 65.5 Å². The molecule has 18 heavy (non-hydrogen) atoms. The highest BCUT2D eigenvalue weighted by molar-refractivity contribution is 5.29. The monoisotopic (exact) mass is 247 g/mol. The number of halogens is 1. The number of benzene rings is 2. The van der Waals surface area contributed by atoms with E-state index < -0.39 is 5.82 Å². The van der Waals surface area contributed by atoms with Gasteiger partial charge in [0, 0.05) is 0 Å². The maximum absolute atomic E-state index is 13.7. The van der Waals surface area contributed by atoms with E-state index in [1.54, 1.807) is 12.1 Å². The zero-order valence-corrected chi connectivity index (χ0v) is 9.80. The van der Waals surface area contributed by atoms with Gasteiger partial charge in [0.25, 0.3) is 0 Å². The highest BCUT2D eigenvalue weighted by Gasteiger charge is 2.05. The van der Waals surface area contributed by atoms with Gasteiger partial charge in [0.15, 0.2) is 11.6 Å². The van der Waals surface area contributed by atoms with Crippen molar-refractivity contribution >= 4 is 0 Å². The molecule has 0 aliphatic carbocycles. The molecule has 0 bridgehead atoms. The third-order valence-corrected chi connectivity index (χ3v) is 2.48. The Kier molecular flexibility index (Phi) is 4.28. The van der Waals surface area contributed by atoms with Gasteiger partial charge in [0.05, 0.1) is 6.61 Å². The second kappa shape index (κ2) is 6.14. The lowest BCUT2D eigenvalue weighted by Crippen LogP contribution is -2.01. The van der Waals surface area contributed by atoms with E-state index in [4.69, 9.17) is 10.6 Å². The summed E-state index contributed by atoms with van der Waals surface area (Å²) in [4.78, 5) is 4.44. The van der Waals surface area contributed by atoms with Crippen LogP contribution in [-0.4, -0.2) is 0 Å². The quantitative estimate of drug-likeness (QED) is 0.826. The normalized spacial score (nSPS) is 10.3. The Morgan fingerprint density at radius 3 is 2.39 bits per heavy atom. The molecule has 0 atom stereocenters. The highest BCUT2D eigenvalue weighted by Crippen LogP contribution is 2.19. The van der Waals surface area contributed by atoms with E-state index in [-0.39, 0.29) is 12.4 Å². The average molecular weight is 247 g/mol. The summed E-state index contributed by atoms with van der Waals surface area (Å²) in [5.74, 6) is 4.74. The smallest absolute Gasteiger partial charge is 0.165 e. The van der Waals surface area contributed by atoms with E-state index in [1.807, 2.05) is 30.3 Å². The fourth-order valence-electron chi connectivity index (χ4n) is 1.58. The second-order valence-corrected chi connectivity index (χ2v) is 3.85. The average Bonchev–Trinajstić information content (AvgIpc) is 2.39. The fourth-order valence-corrected chi connectivity index (χ4v) is 1.58. The molecule has 0 aromatic heterocycles. The van der Waals surface area contributed by atoms with Gasteiger partial charge in [-0.3, -0.25) is 4.84 Å². The molecule has 0 aliphatic heterocycles. The molecular weight excluding hydrogens is 233 g/mol. The molecule has 0 unspecified atom stereocenters. The molecule has 2 aromatic carbocycles. The molecule has 0 spiro atoms. The molecule has 0 radical (unpaired) electrons. The van der Waals surface area contributed by atoms with Gasteiger partial charge in [-0.25, -0.2) is 10.3 Å². The molecular formula is C14H14FNO2. The highest BCUT2D eigenvalue weighted by atomic mass is 19.1. The number of ether oxygens (including phenoxy) is 1. The zero-order valence-electron chi connectivity index (χ0n) is 9.80. The van der Waals surface area contributed by atoms with Crippen LogP contribution in [-0.2, 0) is 18.1 Å². The van der Waals surface area contributed by atoms with Gasteiger partial charge < -0.3 is 4.74 Å². The number of rotatable bonds is 5. The summed E-state index contributed by atoms with van der Waals surface area (Å²) in [5, 5.41) is 0. The molecule has 0 saturated carbocycles. The Balaban J connectivity index is 2.01. The van der Waals surface area contributed by atoms with E-state index in [2.05, 4.69) is 4.84 Å². The van der Waals surface area contributed by atoms with E-state index in [0.717, 1.165) is 5.56 Å². The molecule has 0 amide bonds. The minimum Gasteiger partial charge on any atom is -0.486 e. The fraction of sp³-hybridized carbons (Fsp3) is 0.143. The van der Waals surface area contributed by atoms with Crippen LogP contribution < -0.4 is 10.6 Å². The predicted molar refractivity (Wildman–Crippen MR) is 66.2 cm³/mol. The van der Waals surface area contributed by atoms with Crippen molar-refractivity contribution in [1.82, 2.24) is 0 Å². The third-order valence-electron chi connectivity index (χ3n) is 2.48. The zero-order chi connectivity index (χ0) is 12.8. The molecule has 0 fully saturated rings. The van der Waals surface area contributed by atoms with E-state index in [9.17, 15) is 4.39 Å². The first-order valence-corrected chi connectivity index (χ1v) is 5.56. The number of hydrogen-bond acceptors (Lipinski definition) is 3. The van der Waals surface area contributed by atoms with Crippen molar-refractivity contribution in [2.75, 3.05) is 0 Å². The summed E-state index contributed by atoms with van der Waals surface area (Å²) >= 11 is 0. The van der Waals surface area contributed by atoms with E-state index >= 15 is 0 Å². The van der Waals surface area contributed by atoms with Crippen molar-refractivity contribution in [2.45, 2.75) is 13.2 Å². The first-order chi connectivity index (χ1) is 8.79. The van der Waals surface area contributed by atoms with Crippen LogP contribution in [0.2, 0.25) is 0 Å². The van der Waals surface area contributed by atoms with Crippen LogP contribution in [0.1, 0.15) is 11.1 Å². The summed E-state index contributed by atoms with van der Waals surface area (Å²) in [7, 11) is 0. The Morgan fingerprint density at radius 1 is 0.944 bits per heavy atom. The van der Waals surface area contributed by atoms with Crippen molar-refractivity contribution < 1.29 is 14.0 Å². The Morgan fingerprint density at radius 2 is 1.72 bits per heavy atom. The van der Waals surface area contributed by atoms with Gasteiger partial charge in [-0.15, -0.1) is 0 Å². The minimum absolute atomic E-state index is 0.176. The first kappa shape index (κ1) is 12.5. The van der Waals surface area contributed by atoms with Gasteiger partial charge in [0.1, 0.15) is 6.61 Å². The van der Waals surface area contributed by atoms with E-state index in [0.29, 0.717) is 12.2 Å². The molecule has 94 valence electrons. The predicted octanol–water partition coefficient (Wildman–Crippen LogP) is 2.80. The van der Waals surface area contributed by atoms with Gasteiger partial charge in [-0.05, 0) is 23.3 Å². The van der Waals surface area contributed by atoms with Crippen molar-refractivity contribution in [2.24, 2.45) is 5.90 Å². The molecule has 2 rings (SSSR count). The van der Waals surface area contributed by atoms with Crippen LogP contribution >= 0.6 is 0 Å². The van der Waals surface area contributed by atoms with Gasteiger partial charge in [-0.2, -0.15) is 0 Å². The lowest BCUT2D eigenvalue weighted by atomic mass is 10.2. The van der Waals surface area contributed by atoms with Crippen molar-refractivity contribution in [3.63, 3.8) is 0 Å². The van der Waals surface area contributed by atoms with Gasteiger partial charge >= 0.3 is 0 Å². The lowest BCUT2D eigenvalue weighted by molar-refractivity contribution is 0.124. The summed E-state index contributed by atoms with van der Waals surface area (Å²) in [6.07, 6.45) is 0. The molecule has 3 nitrogen and oxygen atoms in total. The number of nitrogens with two attached hydrogens (primary N) is 1. The first-order valence-electron chi connectivity index (χ1n) is 5.56. The van der Waals surface area contributed by atoms with Gasteiger partial charge in [0.2, 0.25) is 0 Å². The van der Waals surface area contributed by atoms with Crippen LogP contribution in [0, 0.1) is 5.82 Å². The molecule has 4 heteroatoms. The maximum Gasteiger partial charge on any atom is 0.165 e. The van der Waals surface area contributed by atoms with Crippen LogP contribution in [0.25, 0.3) is 0 Å². The summed E-state index contributed by atoms with van der Waals surface area (Å²) in [5.41, 5.74) is 1.66. The maximum atomic E-state index is 13.7. The Labute approximate surface area is 105 Å². The van der Waals surface area contributed by atoms with E-state index in [1.165, 1.54) is 6.07 Å². The molecule has 2 N–H and O–H groups in total. The van der Waals surface area contributed by atoms with Gasteiger partial charge in [-0.1, -0.05) is 36.4 Å². The summed E-state index contributed by atoms with van der Waals surface area (Å²) in [6.45, 7) is 0.514. The minimum atomic E-state index is -0.416. The molecule has 2 aromatic rings. The molecule has 0 heterocycles. The Hall–Kier alpha value is -1.91. The molecule has 0 aliphatic rings. The van der Waals surface area contributed by atoms with Crippen molar-refractivity contribution in [1.29, 1.82) is 0 Å². The standard InChI is InChI=1S/C14H14FNO2/c15-13-8-12(10-18-16)6-7-14(13)17-9-11-4-2-1-3-5-11/h1-8H,9-10,16H2. The van der Waals surface area contributed by atoms with Crippen LogP contribution in [0.3, 0.4) is 0 Å². The SMILES string of the molecule is NOCc1ccc(OCc2ccccc2)c(F)c1. The summed E-state index contributed by atoms with van der Waals surface area (Å²) < 4.78 is 19.1.